The standard InChI is InChI=1S/C16H17F3N2O6/c1-15(2,3)26-14(25)27-21-11-5-4-9(16(17,18)19)6-8(11)7-10(12(21)22)20-13(23)24/h4-7,13,20,23-24H,1-3H3. The van der Waals surface area contributed by atoms with E-state index in [0.29, 0.717) is 10.8 Å². The van der Waals surface area contributed by atoms with Gasteiger partial charge in [-0.3, -0.25) is 9.63 Å². The summed E-state index contributed by atoms with van der Waals surface area (Å²) in [7, 11) is 0. The largest absolute Gasteiger partial charge is 0.534 e. The van der Waals surface area contributed by atoms with Crippen LogP contribution in [0.4, 0.5) is 23.7 Å². The number of halogens is 3. The topological polar surface area (TPSA) is 110 Å². The molecule has 0 unspecified atom stereocenters. The van der Waals surface area contributed by atoms with Gasteiger partial charge in [0.25, 0.3) is 0 Å². The Morgan fingerprint density at radius 3 is 2.33 bits per heavy atom. The van der Waals surface area contributed by atoms with E-state index in [-0.39, 0.29) is 10.9 Å². The van der Waals surface area contributed by atoms with Crippen LogP contribution in [-0.2, 0) is 10.9 Å². The summed E-state index contributed by atoms with van der Waals surface area (Å²) in [4.78, 5) is 29.1. The number of carbonyl (C=O) groups excluding carboxylic acids is 1. The molecule has 11 heteroatoms. The first-order valence-electron chi connectivity index (χ1n) is 7.59. The first-order chi connectivity index (χ1) is 12.3. The van der Waals surface area contributed by atoms with Crippen molar-refractivity contribution in [3.63, 3.8) is 0 Å². The third kappa shape index (κ3) is 5.11. The van der Waals surface area contributed by atoms with Gasteiger partial charge >= 0.3 is 17.9 Å². The van der Waals surface area contributed by atoms with Crippen LogP contribution in [0.5, 0.6) is 0 Å². The molecule has 2 aromatic rings. The van der Waals surface area contributed by atoms with E-state index in [2.05, 4.69) is 0 Å². The van der Waals surface area contributed by atoms with Gasteiger partial charge in [-0.1, -0.05) is 0 Å². The fraction of sp³-hybridized carbons (Fsp3) is 0.375. The highest BCUT2D eigenvalue weighted by Gasteiger charge is 2.31. The van der Waals surface area contributed by atoms with Gasteiger partial charge in [-0.2, -0.15) is 13.2 Å². The second kappa shape index (κ2) is 7.08. The van der Waals surface area contributed by atoms with Crippen molar-refractivity contribution >= 4 is 22.7 Å². The van der Waals surface area contributed by atoms with E-state index in [1.165, 1.54) is 0 Å². The third-order valence-corrected chi connectivity index (χ3v) is 3.13. The van der Waals surface area contributed by atoms with Gasteiger partial charge < -0.3 is 20.3 Å². The van der Waals surface area contributed by atoms with Crippen molar-refractivity contribution in [1.29, 1.82) is 0 Å². The molecule has 1 aromatic carbocycles. The van der Waals surface area contributed by atoms with Gasteiger partial charge in [0, 0.05) is 5.39 Å². The van der Waals surface area contributed by atoms with Crippen LogP contribution in [0.25, 0.3) is 10.9 Å². The molecule has 0 amide bonds. The highest BCUT2D eigenvalue weighted by molar-refractivity contribution is 5.83. The van der Waals surface area contributed by atoms with Gasteiger partial charge in [0.2, 0.25) is 6.41 Å². The van der Waals surface area contributed by atoms with Crippen molar-refractivity contribution in [2.24, 2.45) is 0 Å². The molecule has 0 aliphatic carbocycles. The molecular weight excluding hydrogens is 373 g/mol. The zero-order chi connectivity index (χ0) is 20.6. The van der Waals surface area contributed by atoms with Gasteiger partial charge in [0.1, 0.15) is 11.3 Å². The highest BCUT2D eigenvalue weighted by atomic mass is 19.4. The van der Waals surface area contributed by atoms with Crippen LogP contribution >= 0.6 is 0 Å². The molecular formula is C16H17F3N2O6. The van der Waals surface area contributed by atoms with Crippen molar-refractivity contribution in [2.75, 3.05) is 5.32 Å². The van der Waals surface area contributed by atoms with Crippen molar-refractivity contribution in [3.8, 4) is 0 Å². The van der Waals surface area contributed by atoms with E-state index in [0.717, 1.165) is 18.2 Å². The van der Waals surface area contributed by atoms with Crippen LogP contribution in [-0.4, -0.2) is 33.1 Å². The number of hydrogen-bond acceptors (Lipinski definition) is 7. The van der Waals surface area contributed by atoms with Crippen molar-refractivity contribution in [3.05, 3.63) is 40.2 Å². The fourth-order valence-corrected chi connectivity index (χ4v) is 2.14. The molecule has 0 bridgehead atoms. The maximum atomic E-state index is 12.9. The van der Waals surface area contributed by atoms with E-state index in [9.17, 15) is 22.8 Å². The number of aliphatic hydroxyl groups is 2. The number of anilines is 1. The van der Waals surface area contributed by atoms with Gasteiger partial charge in [-0.15, -0.1) is 4.73 Å². The number of alkyl halides is 3. The summed E-state index contributed by atoms with van der Waals surface area (Å²) in [5.41, 5.74) is -3.65. The number of rotatable bonds is 3. The first kappa shape index (κ1) is 20.5. The van der Waals surface area contributed by atoms with E-state index < -0.39 is 41.2 Å². The number of aromatic nitrogens is 1. The molecule has 0 fully saturated rings. The van der Waals surface area contributed by atoms with Crippen LogP contribution in [0.2, 0.25) is 0 Å². The lowest BCUT2D eigenvalue weighted by molar-refractivity contribution is -0.137. The molecule has 0 saturated carbocycles. The molecule has 1 aromatic heterocycles. The summed E-state index contributed by atoms with van der Waals surface area (Å²) in [6.07, 6.45) is -8.09. The predicted molar refractivity (Wildman–Crippen MR) is 87.9 cm³/mol. The maximum Gasteiger partial charge on any atom is 0.534 e. The molecule has 1 heterocycles. The van der Waals surface area contributed by atoms with E-state index >= 15 is 0 Å². The van der Waals surface area contributed by atoms with E-state index in [1.807, 2.05) is 5.32 Å². The van der Waals surface area contributed by atoms with Crippen molar-refractivity contribution < 1.29 is 37.8 Å². The van der Waals surface area contributed by atoms with Crippen LogP contribution in [0.1, 0.15) is 26.3 Å². The van der Waals surface area contributed by atoms with Crippen LogP contribution < -0.4 is 15.7 Å². The number of fused-ring (bicyclic) bond motifs is 1. The molecule has 3 N–H and O–H groups in total. The first-order valence-corrected chi connectivity index (χ1v) is 7.59. The molecule has 0 saturated heterocycles. The monoisotopic (exact) mass is 390 g/mol. The number of benzene rings is 1. The fourth-order valence-electron chi connectivity index (χ4n) is 2.14. The molecule has 0 aliphatic heterocycles. The second-order valence-electron chi connectivity index (χ2n) is 6.50. The van der Waals surface area contributed by atoms with Crippen molar-refractivity contribution in [1.82, 2.24) is 4.73 Å². The minimum Gasteiger partial charge on any atom is -0.427 e. The number of nitrogens with zero attached hydrogens (tertiary/aromatic N) is 1. The Morgan fingerprint density at radius 2 is 1.81 bits per heavy atom. The number of ether oxygens (including phenoxy) is 1. The van der Waals surface area contributed by atoms with E-state index in [1.54, 1.807) is 20.8 Å². The molecule has 148 valence electrons. The molecule has 0 spiro atoms. The summed E-state index contributed by atoms with van der Waals surface area (Å²) in [5.74, 6) is 0. The lowest BCUT2D eigenvalue weighted by Crippen LogP contribution is -2.37. The Kier molecular flexibility index (Phi) is 5.38. The average molecular weight is 390 g/mol. The van der Waals surface area contributed by atoms with Gasteiger partial charge in [0.05, 0.1) is 11.1 Å². The molecule has 27 heavy (non-hydrogen) atoms. The minimum absolute atomic E-state index is 0.142. The molecule has 0 radical (unpaired) electrons. The van der Waals surface area contributed by atoms with Gasteiger partial charge in [-0.25, -0.2) is 4.79 Å². The van der Waals surface area contributed by atoms with E-state index in [4.69, 9.17) is 19.8 Å². The predicted octanol–water partition coefficient (Wildman–Crippen LogP) is 2.06. The maximum absolute atomic E-state index is 12.9. The van der Waals surface area contributed by atoms with Gasteiger partial charge in [0.15, 0.2) is 0 Å². The molecule has 0 aliphatic rings. The average Bonchev–Trinajstić information content (AvgIpc) is 2.47. The Balaban J connectivity index is 2.63. The normalized spacial score (nSPS) is 12.3. The SMILES string of the molecule is CC(C)(C)OC(=O)On1c(=O)c(NC(O)O)cc2cc(C(F)(F)F)ccc21. The number of nitrogens with one attached hydrogen (secondary N) is 1. The summed E-state index contributed by atoms with van der Waals surface area (Å²) in [6.45, 7) is 4.64. The summed E-state index contributed by atoms with van der Waals surface area (Å²) in [5, 5.41) is 19.8. The molecule has 0 atom stereocenters. The van der Waals surface area contributed by atoms with Crippen LogP contribution in [0, 0.1) is 0 Å². The second-order valence-corrected chi connectivity index (χ2v) is 6.50. The zero-order valence-electron chi connectivity index (χ0n) is 14.5. The number of aliphatic hydroxyl groups excluding tert-OH is 1. The van der Waals surface area contributed by atoms with Crippen LogP contribution in [0.3, 0.4) is 0 Å². The Labute approximate surface area is 150 Å². The lowest BCUT2D eigenvalue weighted by atomic mass is 10.1. The quantitative estimate of drug-likeness (QED) is 0.544. The Hall–Kier alpha value is -2.79. The number of hydrogen-bond donors (Lipinski definition) is 3. The Morgan fingerprint density at radius 1 is 1.19 bits per heavy atom. The van der Waals surface area contributed by atoms with Gasteiger partial charge in [-0.05, 0) is 45.0 Å². The third-order valence-electron chi connectivity index (χ3n) is 3.13. The number of pyridine rings is 1. The molecule has 8 nitrogen and oxygen atoms in total. The zero-order valence-corrected chi connectivity index (χ0v) is 14.5. The Bertz CT molecular complexity index is 915. The smallest absolute Gasteiger partial charge is 0.427 e. The lowest BCUT2D eigenvalue weighted by Gasteiger charge is -2.20. The molecule has 2 rings (SSSR count). The minimum atomic E-state index is -4.65. The van der Waals surface area contributed by atoms with Crippen LogP contribution in [0.15, 0.2) is 29.1 Å². The summed E-state index contributed by atoms with van der Waals surface area (Å²) in [6, 6.07) is 3.35. The summed E-state index contributed by atoms with van der Waals surface area (Å²) >= 11 is 0. The highest BCUT2D eigenvalue weighted by Crippen LogP contribution is 2.31. The number of carbonyl (C=O) groups is 1. The van der Waals surface area contributed by atoms with Crippen molar-refractivity contribution in [2.45, 2.75) is 39.0 Å². The summed E-state index contributed by atoms with van der Waals surface area (Å²) < 4.78 is 44.1.